The molecule has 0 aliphatic rings. The molecule has 27 heavy (non-hydrogen) atoms. The third kappa shape index (κ3) is 6.02. The van der Waals surface area contributed by atoms with Gasteiger partial charge in [0, 0.05) is 0 Å². The molecule has 0 heterocycles. The van der Waals surface area contributed by atoms with E-state index in [2.05, 4.69) is 5.32 Å². The monoisotopic (exact) mass is 371 g/mol. The minimum absolute atomic E-state index is 0.295. The van der Waals surface area contributed by atoms with Gasteiger partial charge in [0.25, 0.3) is 5.91 Å². The van der Waals surface area contributed by atoms with Crippen molar-refractivity contribution in [1.82, 2.24) is 5.32 Å². The fourth-order valence-electron chi connectivity index (χ4n) is 2.55. The lowest BCUT2D eigenvalue weighted by Gasteiger charge is -2.11. The normalized spacial score (nSPS) is 10.2. The van der Waals surface area contributed by atoms with Gasteiger partial charge in [0.1, 0.15) is 23.7 Å². The molecule has 2 aromatic carbocycles. The Morgan fingerprint density at radius 2 is 1.63 bits per heavy atom. The molecular weight excluding hydrogens is 346 g/mol. The van der Waals surface area contributed by atoms with Crippen LogP contribution in [-0.2, 0) is 9.53 Å². The second-order valence-corrected chi connectivity index (χ2v) is 6.25. The maximum Gasteiger partial charge on any atom is 0.342 e. The number of nitrogens with one attached hydrogen (secondary N) is 1. The molecule has 0 spiro atoms. The van der Waals surface area contributed by atoms with Gasteiger partial charge in [0.2, 0.25) is 0 Å². The van der Waals surface area contributed by atoms with Gasteiger partial charge in [0.15, 0.2) is 6.61 Å². The van der Waals surface area contributed by atoms with Gasteiger partial charge >= 0.3 is 5.97 Å². The van der Waals surface area contributed by atoms with E-state index in [4.69, 9.17) is 14.2 Å². The molecule has 2 aromatic rings. The van der Waals surface area contributed by atoms with Crippen molar-refractivity contribution in [1.29, 1.82) is 0 Å². The maximum atomic E-state index is 12.2. The lowest BCUT2D eigenvalue weighted by molar-refractivity contribution is -0.124. The fraction of sp³-hybridized carbons (Fsp3) is 0.333. The molecule has 1 amide bonds. The summed E-state index contributed by atoms with van der Waals surface area (Å²) in [5.41, 5.74) is 3.40. The van der Waals surface area contributed by atoms with Crippen molar-refractivity contribution in [3.8, 4) is 11.5 Å². The zero-order chi connectivity index (χ0) is 19.8. The van der Waals surface area contributed by atoms with E-state index in [0.717, 1.165) is 16.9 Å². The number of rotatable bonds is 8. The molecular formula is C21H25NO5. The van der Waals surface area contributed by atoms with Crippen molar-refractivity contribution in [3.05, 3.63) is 58.7 Å². The van der Waals surface area contributed by atoms with Crippen molar-refractivity contribution in [2.24, 2.45) is 0 Å². The van der Waals surface area contributed by atoms with E-state index in [-0.39, 0.29) is 12.5 Å². The number of hydrogen-bond acceptors (Lipinski definition) is 5. The minimum atomic E-state index is -0.600. The number of amides is 1. The topological polar surface area (TPSA) is 73.9 Å². The van der Waals surface area contributed by atoms with E-state index in [1.807, 2.05) is 45.0 Å². The molecule has 0 aliphatic carbocycles. The highest BCUT2D eigenvalue weighted by atomic mass is 16.5. The molecule has 1 N–H and O–H groups in total. The second-order valence-electron chi connectivity index (χ2n) is 6.25. The fourth-order valence-corrected chi connectivity index (χ4v) is 2.55. The van der Waals surface area contributed by atoms with Crippen LogP contribution in [-0.4, -0.2) is 38.7 Å². The molecule has 0 saturated heterocycles. The quantitative estimate of drug-likeness (QED) is 0.570. The summed E-state index contributed by atoms with van der Waals surface area (Å²) in [5.74, 6) is 0.206. The van der Waals surface area contributed by atoms with Crippen LogP contribution < -0.4 is 14.8 Å². The van der Waals surface area contributed by atoms with Crippen LogP contribution in [0.1, 0.15) is 27.0 Å². The summed E-state index contributed by atoms with van der Waals surface area (Å²) in [6.07, 6.45) is 0. The summed E-state index contributed by atoms with van der Waals surface area (Å²) in [6.45, 7) is 6.13. The number of benzene rings is 2. The van der Waals surface area contributed by atoms with E-state index in [9.17, 15) is 9.59 Å². The van der Waals surface area contributed by atoms with Gasteiger partial charge in [-0.25, -0.2) is 4.79 Å². The molecule has 0 aliphatic heterocycles. The molecule has 2 rings (SSSR count). The van der Waals surface area contributed by atoms with Crippen molar-refractivity contribution < 1.29 is 23.8 Å². The Bertz CT molecular complexity index is 816. The largest absolute Gasteiger partial charge is 0.496 e. The first-order chi connectivity index (χ1) is 12.9. The Labute approximate surface area is 159 Å². The second kappa shape index (κ2) is 9.62. The summed E-state index contributed by atoms with van der Waals surface area (Å²) in [6, 6.07) is 11.1. The van der Waals surface area contributed by atoms with E-state index in [0.29, 0.717) is 24.5 Å². The molecule has 0 saturated carbocycles. The maximum absolute atomic E-state index is 12.2. The lowest BCUT2D eigenvalue weighted by atomic mass is 10.1. The summed E-state index contributed by atoms with van der Waals surface area (Å²) in [4.78, 5) is 24.0. The predicted octanol–water partition coefficient (Wildman–Crippen LogP) is 2.97. The first-order valence-corrected chi connectivity index (χ1v) is 8.69. The summed E-state index contributed by atoms with van der Waals surface area (Å²) in [7, 11) is 1.48. The molecule has 6 heteroatoms. The molecule has 0 radical (unpaired) electrons. The van der Waals surface area contributed by atoms with Crippen LogP contribution in [0.25, 0.3) is 0 Å². The van der Waals surface area contributed by atoms with Gasteiger partial charge < -0.3 is 19.5 Å². The average molecular weight is 371 g/mol. The van der Waals surface area contributed by atoms with Gasteiger partial charge in [0.05, 0.1) is 13.7 Å². The third-order valence-electron chi connectivity index (χ3n) is 3.92. The van der Waals surface area contributed by atoms with E-state index in [1.165, 1.54) is 12.7 Å². The summed E-state index contributed by atoms with van der Waals surface area (Å²) >= 11 is 0. The Morgan fingerprint density at radius 1 is 0.963 bits per heavy atom. The van der Waals surface area contributed by atoms with Crippen LogP contribution in [0, 0.1) is 20.8 Å². The van der Waals surface area contributed by atoms with Crippen molar-refractivity contribution in [3.63, 3.8) is 0 Å². The average Bonchev–Trinajstić information content (AvgIpc) is 2.64. The summed E-state index contributed by atoms with van der Waals surface area (Å²) < 4.78 is 15.9. The van der Waals surface area contributed by atoms with Gasteiger partial charge in [-0.1, -0.05) is 29.3 Å². The molecule has 0 aromatic heterocycles. The molecule has 0 bridgehead atoms. The zero-order valence-corrected chi connectivity index (χ0v) is 16.1. The molecule has 6 nitrogen and oxygen atoms in total. The standard InChI is InChI=1S/C21H25NO5/c1-14-5-7-18(16(3)11-14)26-10-9-22-20(23)13-27-21(24)17-12-15(2)6-8-19(17)25-4/h5-8,11-12H,9-10,13H2,1-4H3,(H,22,23). The number of hydrogen-bond donors (Lipinski definition) is 1. The van der Waals surface area contributed by atoms with Crippen LogP contribution in [0.4, 0.5) is 0 Å². The van der Waals surface area contributed by atoms with Gasteiger partial charge in [-0.15, -0.1) is 0 Å². The molecule has 144 valence electrons. The van der Waals surface area contributed by atoms with Crippen LogP contribution in [0.3, 0.4) is 0 Å². The number of carbonyl (C=O) groups excluding carboxylic acids is 2. The SMILES string of the molecule is COc1ccc(C)cc1C(=O)OCC(=O)NCCOc1ccc(C)cc1C. The lowest BCUT2D eigenvalue weighted by Crippen LogP contribution is -2.32. The van der Waals surface area contributed by atoms with Crippen LogP contribution in [0.5, 0.6) is 11.5 Å². The molecule has 0 fully saturated rings. The first kappa shape index (κ1) is 20.3. The Hall–Kier alpha value is -3.02. The number of ether oxygens (including phenoxy) is 3. The molecule has 0 unspecified atom stereocenters. The van der Waals surface area contributed by atoms with Crippen molar-refractivity contribution >= 4 is 11.9 Å². The van der Waals surface area contributed by atoms with Gasteiger partial charge in [-0.05, 0) is 44.5 Å². The predicted molar refractivity (Wildman–Crippen MR) is 102 cm³/mol. The van der Waals surface area contributed by atoms with Gasteiger partial charge in [-0.2, -0.15) is 0 Å². The van der Waals surface area contributed by atoms with Crippen LogP contribution >= 0.6 is 0 Å². The van der Waals surface area contributed by atoms with Crippen molar-refractivity contribution in [2.75, 3.05) is 26.9 Å². The highest BCUT2D eigenvalue weighted by Crippen LogP contribution is 2.20. The smallest absolute Gasteiger partial charge is 0.342 e. The molecule has 0 atom stereocenters. The van der Waals surface area contributed by atoms with Gasteiger partial charge in [-0.3, -0.25) is 4.79 Å². The Balaban J connectivity index is 1.74. The van der Waals surface area contributed by atoms with E-state index in [1.54, 1.807) is 12.1 Å². The number of esters is 1. The highest BCUT2D eigenvalue weighted by Gasteiger charge is 2.15. The zero-order valence-electron chi connectivity index (χ0n) is 16.1. The Morgan fingerprint density at radius 3 is 2.30 bits per heavy atom. The number of methoxy groups -OCH3 is 1. The Kier molecular flexibility index (Phi) is 7.23. The third-order valence-corrected chi connectivity index (χ3v) is 3.92. The van der Waals surface area contributed by atoms with Crippen LogP contribution in [0.15, 0.2) is 36.4 Å². The minimum Gasteiger partial charge on any atom is -0.496 e. The number of aryl methyl sites for hydroxylation is 3. The van der Waals surface area contributed by atoms with Crippen LogP contribution in [0.2, 0.25) is 0 Å². The van der Waals surface area contributed by atoms with E-state index >= 15 is 0 Å². The highest BCUT2D eigenvalue weighted by molar-refractivity contribution is 5.94. The van der Waals surface area contributed by atoms with E-state index < -0.39 is 5.97 Å². The van der Waals surface area contributed by atoms with Crippen molar-refractivity contribution in [2.45, 2.75) is 20.8 Å². The first-order valence-electron chi connectivity index (χ1n) is 8.69. The number of carbonyl (C=O) groups is 2. The summed E-state index contributed by atoms with van der Waals surface area (Å²) in [5, 5.41) is 2.66.